The highest BCUT2D eigenvalue weighted by atomic mass is 35.5. The van der Waals surface area contributed by atoms with Gasteiger partial charge in [-0.2, -0.15) is 0 Å². The highest BCUT2D eigenvalue weighted by Gasteiger charge is 2.35. The van der Waals surface area contributed by atoms with Gasteiger partial charge in [0.05, 0.1) is 10.6 Å². The predicted octanol–water partition coefficient (Wildman–Crippen LogP) is 5.47. The van der Waals surface area contributed by atoms with Crippen LogP contribution in [0.1, 0.15) is 22.1 Å². The van der Waals surface area contributed by atoms with Crippen LogP contribution in [0.2, 0.25) is 10.0 Å². The number of aromatic hydroxyl groups is 1. The maximum absolute atomic E-state index is 13.2. The topological polar surface area (TPSA) is 52.6 Å². The molecular formula is C20H14Cl2N2O2. The summed E-state index contributed by atoms with van der Waals surface area (Å²) in [6, 6.07) is 19.6. The van der Waals surface area contributed by atoms with Gasteiger partial charge in [0.2, 0.25) is 0 Å². The number of nitrogens with zero attached hydrogens (tertiary/aromatic N) is 1. The van der Waals surface area contributed by atoms with Gasteiger partial charge < -0.3 is 10.4 Å². The molecular weight excluding hydrogens is 371 g/mol. The second-order valence-electron chi connectivity index (χ2n) is 5.93. The molecule has 0 aliphatic carbocycles. The SMILES string of the molecule is O=C1c2ccccc2NC(c2cc(Cl)cc(Cl)c2O)N1c1ccccc1. The zero-order chi connectivity index (χ0) is 18.3. The molecule has 3 aromatic carbocycles. The van der Waals surface area contributed by atoms with Crippen LogP contribution in [0.5, 0.6) is 5.75 Å². The van der Waals surface area contributed by atoms with Crippen LogP contribution in [0, 0.1) is 0 Å². The van der Waals surface area contributed by atoms with E-state index in [1.54, 1.807) is 17.0 Å². The second kappa shape index (κ2) is 6.56. The Morgan fingerprint density at radius 1 is 0.962 bits per heavy atom. The molecule has 1 heterocycles. The molecule has 1 unspecified atom stereocenters. The zero-order valence-corrected chi connectivity index (χ0v) is 15.0. The molecule has 6 heteroatoms. The highest BCUT2D eigenvalue weighted by Crippen LogP contribution is 2.42. The van der Waals surface area contributed by atoms with Crippen molar-refractivity contribution in [1.82, 2.24) is 0 Å². The molecule has 4 nitrogen and oxygen atoms in total. The normalized spacial score (nSPS) is 16.2. The molecule has 4 rings (SSSR count). The first-order valence-corrected chi connectivity index (χ1v) is 8.74. The molecule has 1 aliphatic rings. The van der Waals surface area contributed by atoms with Crippen molar-refractivity contribution in [1.29, 1.82) is 0 Å². The first-order valence-electron chi connectivity index (χ1n) is 7.98. The van der Waals surface area contributed by atoms with E-state index in [9.17, 15) is 9.90 Å². The largest absolute Gasteiger partial charge is 0.506 e. The van der Waals surface area contributed by atoms with Crippen molar-refractivity contribution in [3.63, 3.8) is 0 Å². The first-order chi connectivity index (χ1) is 12.6. The van der Waals surface area contributed by atoms with Crippen LogP contribution in [-0.2, 0) is 0 Å². The molecule has 0 spiro atoms. The van der Waals surface area contributed by atoms with Crippen LogP contribution in [0.25, 0.3) is 0 Å². The summed E-state index contributed by atoms with van der Waals surface area (Å²) in [5.74, 6) is -0.285. The highest BCUT2D eigenvalue weighted by molar-refractivity contribution is 6.35. The predicted molar refractivity (Wildman–Crippen MR) is 104 cm³/mol. The number of fused-ring (bicyclic) bond motifs is 1. The van der Waals surface area contributed by atoms with Gasteiger partial charge in [0.1, 0.15) is 11.9 Å². The standard InChI is InChI=1S/C20H14Cl2N2O2/c21-12-10-15(18(25)16(22)11-12)19-23-17-9-5-4-8-14(17)20(26)24(19)13-6-2-1-3-7-13/h1-11,19,23,25H. The van der Waals surface area contributed by atoms with E-state index in [4.69, 9.17) is 23.2 Å². The number of amides is 1. The third-order valence-electron chi connectivity index (χ3n) is 4.31. The van der Waals surface area contributed by atoms with Gasteiger partial charge in [0, 0.05) is 22.0 Å². The van der Waals surface area contributed by atoms with Gasteiger partial charge in [-0.3, -0.25) is 9.69 Å². The Hall–Kier alpha value is -2.69. The van der Waals surface area contributed by atoms with Gasteiger partial charge in [-0.25, -0.2) is 0 Å². The molecule has 0 fully saturated rings. The van der Waals surface area contributed by atoms with Crippen LogP contribution in [0.3, 0.4) is 0 Å². The van der Waals surface area contributed by atoms with Crippen LogP contribution >= 0.6 is 23.2 Å². The summed E-state index contributed by atoms with van der Waals surface area (Å²) in [6.45, 7) is 0. The number of hydrogen-bond acceptors (Lipinski definition) is 3. The van der Waals surface area contributed by atoms with Gasteiger partial charge in [0.25, 0.3) is 5.91 Å². The van der Waals surface area contributed by atoms with Gasteiger partial charge in [-0.1, -0.05) is 53.5 Å². The Morgan fingerprint density at radius 3 is 2.42 bits per heavy atom. The Labute approximate surface area is 160 Å². The summed E-state index contributed by atoms with van der Waals surface area (Å²) in [5, 5.41) is 14.3. The molecule has 0 radical (unpaired) electrons. The van der Waals surface area contributed by atoms with Crippen molar-refractivity contribution in [3.05, 3.63) is 87.9 Å². The van der Waals surface area contributed by atoms with Crippen LogP contribution < -0.4 is 10.2 Å². The molecule has 0 saturated carbocycles. The van der Waals surface area contributed by atoms with Gasteiger partial charge in [-0.15, -0.1) is 0 Å². The van der Waals surface area contributed by atoms with Crippen molar-refractivity contribution in [2.24, 2.45) is 0 Å². The zero-order valence-electron chi connectivity index (χ0n) is 13.5. The van der Waals surface area contributed by atoms with Gasteiger partial charge in [-0.05, 0) is 36.4 Å². The summed E-state index contributed by atoms with van der Waals surface area (Å²) in [7, 11) is 0. The van der Waals surface area contributed by atoms with E-state index in [0.29, 0.717) is 27.5 Å². The van der Waals surface area contributed by atoms with E-state index in [1.807, 2.05) is 48.5 Å². The average Bonchev–Trinajstić information content (AvgIpc) is 2.65. The van der Waals surface area contributed by atoms with E-state index < -0.39 is 6.17 Å². The van der Waals surface area contributed by atoms with Crippen molar-refractivity contribution < 1.29 is 9.90 Å². The van der Waals surface area contributed by atoms with E-state index in [-0.39, 0.29) is 16.7 Å². The maximum atomic E-state index is 13.2. The minimum Gasteiger partial charge on any atom is -0.506 e. The molecule has 2 N–H and O–H groups in total. The molecule has 26 heavy (non-hydrogen) atoms. The fourth-order valence-electron chi connectivity index (χ4n) is 3.12. The number of rotatable bonds is 2. The lowest BCUT2D eigenvalue weighted by Gasteiger charge is -2.38. The summed E-state index contributed by atoms with van der Waals surface area (Å²) >= 11 is 12.2. The minimum absolute atomic E-state index is 0.110. The lowest BCUT2D eigenvalue weighted by atomic mass is 10.0. The number of anilines is 2. The van der Waals surface area contributed by atoms with Crippen molar-refractivity contribution in [2.45, 2.75) is 6.17 Å². The number of nitrogens with one attached hydrogen (secondary N) is 1. The summed E-state index contributed by atoms with van der Waals surface area (Å²) in [5.41, 5.74) is 2.36. The Kier molecular flexibility index (Phi) is 4.23. The number of carbonyl (C=O) groups excluding carboxylic acids is 1. The molecule has 0 saturated heterocycles. The van der Waals surface area contributed by atoms with Gasteiger partial charge in [0.15, 0.2) is 0 Å². The van der Waals surface area contributed by atoms with Crippen molar-refractivity contribution in [3.8, 4) is 5.75 Å². The molecule has 1 amide bonds. The lowest BCUT2D eigenvalue weighted by molar-refractivity contribution is 0.0974. The Bertz CT molecular complexity index is 992. The second-order valence-corrected chi connectivity index (χ2v) is 6.77. The summed E-state index contributed by atoms with van der Waals surface area (Å²) in [6.07, 6.45) is -0.656. The van der Waals surface area contributed by atoms with E-state index in [0.717, 1.165) is 0 Å². The van der Waals surface area contributed by atoms with Crippen molar-refractivity contribution >= 4 is 40.5 Å². The molecule has 1 atom stereocenters. The summed E-state index contributed by atoms with van der Waals surface area (Å²) in [4.78, 5) is 14.8. The average molecular weight is 385 g/mol. The molecule has 3 aromatic rings. The van der Waals surface area contributed by atoms with E-state index in [2.05, 4.69) is 5.32 Å². The van der Waals surface area contributed by atoms with Crippen LogP contribution in [-0.4, -0.2) is 11.0 Å². The third-order valence-corrected chi connectivity index (χ3v) is 4.82. The Balaban J connectivity index is 1.93. The third kappa shape index (κ3) is 2.77. The summed E-state index contributed by atoms with van der Waals surface area (Å²) < 4.78 is 0. The number of phenols is 1. The molecule has 0 bridgehead atoms. The fourth-order valence-corrected chi connectivity index (χ4v) is 3.63. The maximum Gasteiger partial charge on any atom is 0.262 e. The number of hydrogen-bond donors (Lipinski definition) is 2. The quantitative estimate of drug-likeness (QED) is 0.615. The molecule has 1 aliphatic heterocycles. The fraction of sp³-hybridized carbons (Fsp3) is 0.0500. The number of benzene rings is 3. The Morgan fingerprint density at radius 2 is 1.65 bits per heavy atom. The smallest absolute Gasteiger partial charge is 0.262 e. The number of halogens is 2. The molecule has 130 valence electrons. The molecule has 0 aromatic heterocycles. The van der Waals surface area contributed by atoms with E-state index >= 15 is 0 Å². The monoisotopic (exact) mass is 384 g/mol. The van der Waals surface area contributed by atoms with Crippen molar-refractivity contribution in [2.75, 3.05) is 10.2 Å². The first kappa shape index (κ1) is 16.8. The number of carbonyl (C=O) groups is 1. The number of para-hydroxylation sites is 2. The minimum atomic E-state index is -0.656. The van der Waals surface area contributed by atoms with E-state index in [1.165, 1.54) is 6.07 Å². The van der Waals surface area contributed by atoms with Crippen LogP contribution in [0.4, 0.5) is 11.4 Å². The lowest BCUT2D eigenvalue weighted by Crippen LogP contribution is -2.43. The van der Waals surface area contributed by atoms with Gasteiger partial charge >= 0.3 is 0 Å². The number of phenolic OH excluding ortho intramolecular Hbond substituents is 1. The van der Waals surface area contributed by atoms with Crippen LogP contribution in [0.15, 0.2) is 66.7 Å².